The van der Waals surface area contributed by atoms with Crippen LogP contribution in [-0.2, 0) is 6.18 Å². The maximum absolute atomic E-state index is 13.0. The van der Waals surface area contributed by atoms with Gasteiger partial charge in [0.1, 0.15) is 5.82 Å². The van der Waals surface area contributed by atoms with E-state index in [1.165, 1.54) is 0 Å². The van der Waals surface area contributed by atoms with Crippen LogP contribution in [0, 0.1) is 0 Å². The predicted molar refractivity (Wildman–Crippen MR) is 87.8 cm³/mol. The highest BCUT2D eigenvalue weighted by molar-refractivity contribution is 9.10. The monoisotopic (exact) mass is 388 g/mol. The van der Waals surface area contributed by atoms with Crippen molar-refractivity contribution in [1.82, 2.24) is 9.97 Å². The number of nitrogens with zero attached hydrogens (tertiary/aromatic N) is 2. The van der Waals surface area contributed by atoms with E-state index in [0.29, 0.717) is 5.69 Å². The van der Waals surface area contributed by atoms with Crippen molar-refractivity contribution in [2.24, 2.45) is 0 Å². The summed E-state index contributed by atoms with van der Waals surface area (Å²) in [6, 6.07) is 7.97. The second kappa shape index (κ2) is 6.35. The Hall–Kier alpha value is -1.83. The summed E-state index contributed by atoms with van der Waals surface area (Å²) in [5.74, 6) is -0.0205. The molecule has 2 aromatic rings. The van der Waals surface area contributed by atoms with Crippen LogP contribution in [0.2, 0.25) is 0 Å². The number of nitrogens with one attached hydrogen (secondary N) is 2. The summed E-state index contributed by atoms with van der Waals surface area (Å²) in [7, 11) is 0. The molecule has 0 saturated heterocycles. The molecule has 0 atom stereocenters. The number of para-hydroxylation sites is 1. The zero-order chi connectivity index (χ0) is 17.3. The van der Waals surface area contributed by atoms with Crippen LogP contribution in [0.3, 0.4) is 0 Å². The molecule has 23 heavy (non-hydrogen) atoms. The molecule has 0 fully saturated rings. The maximum Gasteiger partial charge on any atom is 0.433 e. The van der Waals surface area contributed by atoms with E-state index >= 15 is 0 Å². The number of alkyl halides is 3. The summed E-state index contributed by atoms with van der Waals surface area (Å²) in [4.78, 5) is 7.67. The molecule has 0 aliphatic carbocycles. The number of hydrogen-bond donors (Lipinski definition) is 2. The molecule has 0 radical (unpaired) electrons. The number of aromatic nitrogens is 2. The van der Waals surface area contributed by atoms with Crippen molar-refractivity contribution in [3.8, 4) is 0 Å². The molecule has 2 N–H and O–H groups in total. The average Bonchev–Trinajstić information content (AvgIpc) is 2.38. The number of anilines is 3. The lowest BCUT2D eigenvalue weighted by Crippen LogP contribution is -2.28. The Kier molecular flexibility index (Phi) is 4.84. The minimum Gasteiger partial charge on any atom is -0.350 e. The first-order valence-corrected chi connectivity index (χ1v) is 7.60. The summed E-state index contributed by atoms with van der Waals surface area (Å²) in [6.07, 6.45) is -4.55. The Morgan fingerprint density at radius 3 is 2.26 bits per heavy atom. The van der Waals surface area contributed by atoms with Gasteiger partial charge in [0.15, 0.2) is 5.69 Å². The molecule has 0 amide bonds. The van der Waals surface area contributed by atoms with Gasteiger partial charge in [-0.1, -0.05) is 12.1 Å². The largest absolute Gasteiger partial charge is 0.433 e. The van der Waals surface area contributed by atoms with Gasteiger partial charge in [-0.05, 0) is 48.8 Å². The fraction of sp³-hybridized carbons (Fsp3) is 0.333. The number of halogens is 4. The van der Waals surface area contributed by atoms with Crippen LogP contribution in [-0.4, -0.2) is 15.5 Å². The van der Waals surface area contributed by atoms with Crippen molar-refractivity contribution < 1.29 is 13.2 Å². The van der Waals surface area contributed by atoms with E-state index in [1.54, 1.807) is 18.2 Å². The normalized spacial score (nSPS) is 12.1. The molecule has 0 bridgehead atoms. The van der Waals surface area contributed by atoms with Crippen molar-refractivity contribution in [3.63, 3.8) is 0 Å². The van der Waals surface area contributed by atoms with E-state index in [1.807, 2.05) is 26.8 Å². The fourth-order valence-corrected chi connectivity index (χ4v) is 2.13. The molecule has 124 valence electrons. The molecule has 1 heterocycles. The highest BCUT2D eigenvalue weighted by atomic mass is 79.9. The number of hydrogen-bond acceptors (Lipinski definition) is 4. The third kappa shape index (κ3) is 5.09. The van der Waals surface area contributed by atoms with E-state index in [4.69, 9.17) is 0 Å². The van der Waals surface area contributed by atoms with Crippen LogP contribution < -0.4 is 10.6 Å². The Morgan fingerprint density at radius 2 is 1.70 bits per heavy atom. The van der Waals surface area contributed by atoms with Crippen molar-refractivity contribution in [3.05, 3.63) is 40.5 Å². The van der Waals surface area contributed by atoms with Crippen LogP contribution in [0.15, 0.2) is 34.8 Å². The van der Waals surface area contributed by atoms with Crippen LogP contribution in [0.1, 0.15) is 26.5 Å². The lowest BCUT2D eigenvalue weighted by atomic mass is 10.1. The van der Waals surface area contributed by atoms with Crippen molar-refractivity contribution in [2.75, 3.05) is 10.6 Å². The Balaban J connectivity index is 2.42. The molecular weight excluding hydrogens is 373 g/mol. The van der Waals surface area contributed by atoms with Crippen molar-refractivity contribution >= 4 is 33.4 Å². The van der Waals surface area contributed by atoms with Crippen LogP contribution in [0.4, 0.5) is 30.6 Å². The lowest BCUT2D eigenvalue weighted by molar-refractivity contribution is -0.141. The van der Waals surface area contributed by atoms with Gasteiger partial charge >= 0.3 is 6.18 Å². The molecule has 0 spiro atoms. The topological polar surface area (TPSA) is 49.8 Å². The molecule has 0 aliphatic heterocycles. The summed E-state index contributed by atoms with van der Waals surface area (Å²) in [5, 5.41) is 5.73. The Labute approximate surface area is 140 Å². The van der Waals surface area contributed by atoms with E-state index in [2.05, 4.69) is 36.5 Å². The van der Waals surface area contributed by atoms with Gasteiger partial charge in [0.2, 0.25) is 5.95 Å². The van der Waals surface area contributed by atoms with Gasteiger partial charge in [-0.3, -0.25) is 0 Å². The predicted octanol–water partition coefficient (Wildman–Crippen LogP) is 5.21. The molecular formula is C15H16BrF3N4. The molecule has 0 unspecified atom stereocenters. The average molecular weight is 389 g/mol. The van der Waals surface area contributed by atoms with Crippen molar-refractivity contribution in [1.29, 1.82) is 0 Å². The van der Waals surface area contributed by atoms with Crippen LogP contribution in [0.5, 0.6) is 0 Å². The minimum absolute atomic E-state index is 0.0611. The molecule has 0 aliphatic rings. The van der Waals surface area contributed by atoms with E-state index in [-0.39, 0.29) is 11.8 Å². The molecule has 1 aromatic carbocycles. The first-order valence-electron chi connectivity index (χ1n) is 6.81. The zero-order valence-electron chi connectivity index (χ0n) is 12.8. The zero-order valence-corrected chi connectivity index (χ0v) is 14.4. The number of rotatable bonds is 3. The Bertz CT molecular complexity index is 696. The first kappa shape index (κ1) is 17.5. The van der Waals surface area contributed by atoms with Crippen LogP contribution >= 0.6 is 15.9 Å². The molecule has 1 aromatic heterocycles. The second-order valence-electron chi connectivity index (χ2n) is 5.94. The van der Waals surface area contributed by atoms with E-state index < -0.39 is 17.4 Å². The van der Waals surface area contributed by atoms with Gasteiger partial charge in [0.05, 0.1) is 5.69 Å². The van der Waals surface area contributed by atoms with Crippen molar-refractivity contribution in [2.45, 2.75) is 32.5 Å². The van der Waals surface area contributed by atoms with Gasteiger partial charge in [-0.15, -0.1) is 0 Å². The van der Waals surface area contributed by atoms with Gasteiger partial charge in [0.25, 0.3) is 0 Å². The minimum atomic E-state index is -4.55. The summed E-state index contributed by atoms with van der Waals surface area (Å²) in [6.45, 7) is 5.45. The summed E-state index contributed by atoms with van der Waals surface area (Å²) >= 11 is 3.34. The molecule has 2 rings (SSSR count). The SMILES string of the molecule is CC(C)(C)Nc1nc(Nc2ccccc2Br)cc(C(F)(F)F)n1. The quantitative estimate of drug-likeness (QED) is 0.757. The number of benzene rings is 1. The van der Waals surface area contributed by atoms with Gasteiger partial charge in [-0.25, -0.2) is 4.98 Å². The standard InChI is InChI=1S/C15H16BrF3N4/c1-14(2,3)23-13-21-11(15(17,18)19)8-12(22-13)20-10-7-5-4-6-9(10)16/h4-8H,1-3H3,(H2,20,21,22,23). The fourth-order valence-electron chi connectivity index (χ4n) is 1.75. The highest BCUT2D eigenvalue weighted by Crippen LogP contribution is 2.32. The first-order chi connectivity index (χ1) is 10.5. The second-order valence-corrected chi connectivity index (χ2v) is 6.79. The third-order valence-corrected chi connectivity index (χ3v) is 3.33. The van der Waals surface area contributed by atoms with E-state index in [9.17, 15) is 13.2 Å². The smallest absolute Gasteiger partial charge is 0.350 e. The third-order valence-electron chi connectivity index (χ3n) is 2.64. The highest BCUT2D eigenvalue weighted by Gasteiger charge is 2.34. The Morgan fingerprint density at radius 1 is 1.04 bits per heavy atom. The van der Waals surface area contributed by atoms with Gasteiger partial charge in [0, 0.05) is 16.1 Å². The van der Waals surface area contributed by atoms with E-state index in [0.717, 1.165) is 10.5 Å². The molecule has 0 saturated carbocycles. The molecule has 8 heteroatoms. The van der Waals surface area contributed by atoms with Gasteiger partial charge in [-0.2, -0.15) is 18.2 Å². The van der Waals surface area contributed by atoms with Crippen LogP contribution in [0.25, 0.3) is 0 Å². The molecule has 4 nitrogen and oxygen atoms in total. The maximum atomic E-state index is 13.0. The summed E-state index contributed by atoms with van der Waals surface area (Å²) in [5.41, 5.74) is -0.857. The lowest BCUT2D eigenvalue weighted by Gasteiger charge is -2.21. The van der Waals surface area contributed by atoms with Gasteiger partial charge < -0.3 is 10.6 Å². The summed E-state index contributed by atoms with van der Waals surface area (Å²) < 4.78 is 39.9.